The van der Waals surface area contributed by atoms with Gasteiger partial charge in [-0.3, -0.25) is 4.79 Å². The van der Waals surface area contributed by atoms with E-state index in [9.17, 15) is 4.79 Å². The zero-order valence-corrected chi connectivity index (χ0v) is 17.9. The number of hydrogen-bond acceptors (Lipinski definition) is 6. The number of unbranched alkanes of at least 4 members (excludes halogenated alkanes) is 1. The summed E-state index contributed by atoms with van der Waals surface area (Å²) in [7, 11) is 0. The van der Waals surface area contributed by atoms with Crippen LogP contribution in [0.4, 0.5) is 11.6 Å². The van der Waals surface area contributed by atoms with E-state index in [0.717, 1.165) is 35.4 Å². The average Bonchev–Trinajstić information content (AvgIpc) is 3.23. The highest BCUT2D eigenvalue weighted by Crippen LogP contribution is 2.38. The van der Waals surface area contributed by atoms with Crippen molar-refractivity contribution in [3.05, 3.63) is 70.9 Å². The van der Waals surface area contributed by atoms with Crippen LogP contribution in [0.5, 0.6) is 5.75 Å². The summed E-state index contributed by atoms with van der Waals surface area (Å²) in [5.41, 5.74) is 3.92. The fourth-order valence-electron chi connectivity index (χ4n) is 3.59. The summed E-state index contributed by atoms with van der Waals surface area (Å²) in [6.45, 7) is 6.59. The third-order valence-electron chi connectivity index (χ3n) is 5.24. The maximum absolute atomic E-state index is 13.4. The topological polar surface area (TPSA) is 94.0 Å². The van der Waals surface area contributed by atoms with E-state index in [2.05, 4.69) is 33.1 Å². The van der Waals surface area contributed by atoms with E-state index in [-0.39, 0.29) is 5.91 Å². The zero-order valence-electron chi connectivity index (χ0n) is 17.9. The van der Waals surface area contributed by atoms with Crippen LogP contribution in [0, 0.1) is 6.92 Å². The molecule has 0 saturated carbocycles. The van der Waals surface area contributed by atoms with E-state index in [4.69, 9.17) is 4.74 Å². The summed E-state index contributed by atoms with van der Waals surface area (Å²) in [4.78, 5) is 13.4. The number of para-hydroxylation sites is 1. The highest BCUT2D eigenvalue weighted by Gasteiger charge is 2.35. The number of rotatable bonds is 7. The molecule has 8 nitrogen and oxygen atoms in total. The average molecular weight is 419 g/mol. The summed E-state index contributed by atoms with van der Waals surface area (Å²) < 4.78 is 7.68. The molecule has 0 aliphatic carbocycles. The molecule has 2 aromatic carbocycles. The number of nitrogens with zero attached hydrogens (tertiary/aromatic N) is 4. The summed E-state index contributed by atoms with van der Waals surface area (Å²) in [6.07, 6.45) is 1.99. The number of fused-ring (bicyclic) bond motifs is 1. The zero-order chi connectivity index (χ0) is 21.8. The molecule has 1 amide bonds. The number of allylic oxidation sites excluding steroid dienone is 1. The van der Waals surface area contributed by atoms with Gasteiger partial charge < -0.3 is 15.4 Å². The minimum absolute atomic E-state index is 0.219. The number of carbonyl (C=O) groups is 1. The first-order valence-electron chi connectivity index (χ1n) is 10.4. The van der Waals surface area contributed by atoms with E-state index >= 15 is 0 Å². The Kier molecular flexibility index (Phi) is 5.97. The number of anilines is 2. The first-order valence-corrected chi connectivity index (χ1v) is 10.4. The molecule has 31 heavy (non-hydrogen) atoms. The van der Waals surface area contributed by atoms with Crippen molar-refractivity contribution in [3.63, 3.8) is 0 Å². The molecule has 0 fully saturated rings. The molecule has 2 N–H and O–H groups in total. The second-order valence-electron chi connectivity index (χ2n) is 7.57. The fraction of sp³-hybridized carbons (Fsp3) is 0.304. The molecule has 1 aliphatic heterocycles. The van der Waals surface area contributed by atoms with Gasteiger partial charge in [-0.1, -0.05) is 54.3 Å². The van der Waals surface area contributed by atoms with Crippen LogP contribution in [-0.4, -0.2) is 32.7 Å². The smallest absolute Gasteiger partial charge is 0.255 e. The van der Waals surface area contributed by atoms with Gasteiger partial charge >= 0.3 is 0 Å². The third-order valence-corrected chi connectivity index (χ3v) is 5.24. The Labute approximate surface area is 181 Å². The van der Waals surface area contributed by atoms with Crippen molar-refractivity contribution in [2.45, 2.75) is 39.7 Å². The molecular formula is C23H26N6O2. The highest BCUT2D eigenvalue weighted by atomic mass is 16.5. The molecule has 8 heteroatoms. The van der Waals surface area contributed by atoms with Gasteiger partial charge in [-0.25, -0.2) is 0 Å². The first kappa shape index (κ1) is 20.6. The molecule has 1 aromatic heterocycles. The molecule has 1 unspecified atom stereocenters. The van der Waals surface area contributed by atoms with Crippen molar-refractivity contribution in [2.75, 3.05) is 17.2 Å². The number of ether oxygens (including phenoxy) is 1. The Bertz CT molecular complexity index is 1100. The summed E-state index contributed by atoms with van der Waals surface area (Å²) in [5.74, 6) is 0.985. The molecule has 0 radical (unpaired) electrons. The first-order chi connectivity index (χ1) is 15.1. The molecule has 160 valence electrons. The molecule has 0 saturated heterocycles. The lowest BCUT2D eigenvalue weighted by Gasteiger charge is -2.29. The number of benzene rings is 2. The normalized spacial score (nSPS) is 15.3. The molecular weight excluding hydrogens is 392 g/mol. The third kappa shape index (κ3) is 4.28. The number of hydrogen-bond donors (Lipinski definition) is 2. The Morgan fingerprint density at radius 1 is 1.16 bits per heavy atom. The van der Waals surface area contributed by atoms with Crippen molar-refractivity contribution < 1.29 is 9.53 Å². The van der Waals surface area contributed by atoms with Crippen molar-refractivity contribution in [2.24, 2.45) is 0 Å². The number of aryl methyl sites for hydroxylation is 1. The SMILES string of the molecule is CCCCOc1ccccc1C1C(C(=O)Nc2ccc(C)cc2)=C(C)Nc2nnnn21. The molecule has 2 heterocycles. The highest BCUT2D eigenvalue weighted by molar-refractivity contribution is 6.06. The molecule has 1 aliphatic rings. The predicted molar refractivity (Wildman–Crippen MR) is 119 cm³/mol. The number of amides is 1. The van der Waals surface area contributed by atoms with Crippen LogP contribution in [0.15, 0.2) is 59.8 Å². The van der Waals surface area contributed by atoms with Crippen molar-refractivity contribution in [1.82, 2.24) is 20.2 Å². The van der Waals surface area contributed by atoms with Crippen LogP contribution in [0.1, 0.15) is 43.9 Å². The quantitative estimate of drug-likeness (QED) is 0.562. The molecule has 0 spiro atoms. The van der Waals surface area contributed by atoms with Crippen LogP contribution in [0.25, 0.3) is 0 Å². The largest absolute Gasteiger partial charge is 0.493 e. The van der Waals surface area contributed by atoms with Crippen LogP contribution < -0.4 is 15.4 Å². The maximum atomic E-state index is 13.4. The Morgan fingerprint density at radius 2 is 1.94 bits per heavy atom. The molecule has 3 aromatic rings. The van der Waals surface area contributed by atoms with Gasteiger partial charge in [-0.2, -0.15) is 4.68 Å². The van der Waals surface area contributed by atoms with Gasteiger partial charge in [0.1, 0.15) is 11.8 Å². The second kappa shape index (κ2) is 8.99. The van der Waals surface area contributed by atoms with Crippen LogP contribution in [0.3, 0.4) is 0 Å². The lowest BCUT2D eigenvalue weighted by Crippen LogP contribution is -2.31. The fourth-order valence-corrected chi connectivity index (χ4v) is 3.59. The van der Waals surface area contributed by atoms with Gasteiger partial charge in [0.25, 0.3) is 5.91 Å². The van der Waals surface area contributed by atoms with Crippen LogP contribution in [0.2, 0.25) is 0 Å². The van der Waals surface area contributed by atoms with Gasteiger partial charge in [0, 0.05) is 16.9 Å². The number of aromatic nitrogens is 4. The van der Waals surface area contributed by atoms with Crippen molar-refractivity contribution in [1.29, 1.82) is 0 Å². The van der Waals surface area contributed by atoms with Gasteiger partial charge in [-0.15, -0.1) is 0 Å². The number of tetrazole rings is 1. The Balaban J connectivity index is 1.73. The second-order valence-corrected chi connectivity index (χ2v) is 7.57. The van der Waals surface area contributed by atoms with E-state index < -0.39 is 6.04 Å². The minimum atomic E-state index is -0.519. The number of nitrogens with one attached hydrogen (secondary N) is 2. The summed E-state index contributed by atoms with van der Waals surface area (Å²) >= 11 is 0. The Morgan fingerprint density at radius 3 is 2.71 bits per heavy atom. The molecule has 1 atom stereocenters. The summed E-state index contributed by atoms with van der Waals surface area (Å²) in [6, 6.07) is 14.9. The van der Waals surface area contributed by atoms with Crippen molar-refractivity contribution in [3.8, 4) is 5.75 Å². The van der Waals surface area contributed by atoms with Crippen molar-refractivity contribution >= 4 is 17.5 Å². The van der Waals surface area contributed by atoms with E-state index in [1.54, 1.807) is 4.68 Å². The summed E-state index contributed by atoms with van der Waals surface area (Å²) in [5, 5.41) is 18.2. The van der Waals surface area contributed by atoms with Gasteiger partial charge in [-0.05, 0) is 48.9 Å². The van der Waals surface area contributed by atoms with E-state index in [0.29, 0.717) is 23.8 Å². The number of carbonyl (C=O) groups excluding carboxylic acids is 1. The van der Waals surface area contributed by atoms with E-state index in [1.165, 1.54) is 0 Å². The van der Waals surface area contributed by atoms with Crippen LogP contribution >= 0.6 is 0 Å². The standard InChI is InChI=1S/C23H26N6O2/c1-4-5-14-31-19-9-7-6-8-18(19)21-20(16(3)24-23-26-27-28-29(21)23)22(30)25-17-12-10-15(2)11-13-17/h6-13,21H,4-5,14H2,1-3H3,(H,25,30)(H,24,26,28). The molecule has 4 rings (SSSR count). The monoisotopic (exact) mass is 418 g/mol. The lowest BCUT2D eigenvalue weighted by atomic mass is 9.94. The maximum Gasteiger partial charge on any atom is 0.255 e. The van der Waals surface area contributed by atoms with E-state index in [1.807, 2.05) is 62.4 Å². The van der Waals surface area contributed by atoms with Gasteiger partial charge in [0.2, 0.25) is 5.95 Å². The predicted octanol–water partition coefficient (Wildman–Crippen LogP) is 4.09. The van der Waals surface area contributed by atoms with Crippen LogP contribution in [-0.2, 0) is 4.79 Å². The van der Waals surface area contributed by atoms with Gasteiger partial charge in [0.05, 0.1) is 12.2 Å². The lowest BCUT2D eigenvalue weighted by molar-refractivity contribution is -0.113. The Hall–Kier alpha value is -3.68. The van der Waals surface area contributed by atoms with Gasteiger partial charge in [0.15, 0.2) is 0 Å². The molecule has 0 bridgehead atoms. The minimum Gasteiger partial charge on any atom is -0.493 e.